The van der Waals surface area contributed by atoms with Gasteiger partial charge in [-0.25, -0.2) is 0 Å². The summed E-state index contributed by atoms with van der Waals surface area (Å²) in [6, 6.07) is 15.1. The Kier molecular flexibility index (Phi) is 7.74. The number of hydrogen-bond donors (Lipinski definition) is 2. The fourth-order valence-corrected chi connectivity index (χ4v) is 2.43. The van der Waals surface area contributed by atoms with Crippen LogP contribution in [0.4, 0.5) is 5.69 Å². The average molecular weight is 395 g/mol. The third-order valence-electron chi connectivity index (χ3n) is 3.90. The van der Waals surface area contributed by atoms with Crippen molar-refractivity contribution >= 4 is 23.5 Å². The Hall–Kier alpha value is -3.86. The van der Waals surface area contributed by atoms with Crippen molar-refractivity contribution in [3.8, 4) is 11.8 Å². The maximum atomic E-state index is 12.2. The number of amides is 2. The zero-order valence-electron chi connectivity index (χ0n) is 16.1. The van der Waals surface area contributed by atoms with Gasteiger partial charge in [-0.15, -0.1) is 0 Å². The molecule has 0 saturated carbocycles. The van der Waals surface area contributed by atoms with E-state index in [1.807, 2.05) is 6.07 Å². The number of hydrogen-bond acceptors (Lipinski definition) is 6. The third-order valence-corrected chi connectivity index (χ3v) is 3.90. The molecular formula is C21H21N3O5. The van der Waals surface area contributed by atoms with Gasteiger partial charge in [0.05, 0.1) is 30.7 Å². The molecule has 150 valence electrons. The number of nitriles is 1. The molecule has 0 radical (unpaired) electrons. The predicted octanol–water partition coefficient (Wildman–Crippen LogP) is 2.26. The summed E-state index contributed by atoms with van der Waals surface area (Å²) in [6.07, 6.45) is -1.12. The number of rotatable bonds is 8. The van der Waals surface area contributed by atoms with Gasteiger partial charge in [-0.3, -0.25) is 14.4 Å². The van der Waals surface area contributed by atoms with Crippen molar-refractivity contribution in [2.75, 3.05) is 19.0 Å². The van der Waals surface area contributed by atoms with Crippen molar-refractivity contribution in [2.45, 2.75) is 19.4 Å². The van der Waals surface area contributed by atoms with E-state index in [0.717, 1.165) is 0 Å². The summed E-state index contributed by atoms with van der Waals surface area (Å²) < 4.78 is 10.2. The number of benzene rings is 2. The van der Waals surface area contributed by atoms with Gasteiger partial charge in [0.1, 0.15) is 5.75 Å². The van der Waals surface area contributed by atoms with Crippen LogP contribution in [0.2, 0.25) is 0 Å². The van der Waals surface area contributed by atoms with E-state index in [0.29, 0.717) is 22.6 Å². The number of esters is 1. The van der Waals surface area contributed by atoms with E-state index in [1.165, 1.54) is 20.1 Å². The van der Waals surface area contributed by atoms with E-state index in [-0.39, 0.29) is 18.9 Å². The first kappa shape index (κ1) is 21.4. The van der Waals surface area contributed by atoms with Gasteiger partial charge in [0.2, 0.25) is 0 Å². The highest BCUT2D eigenvalue weighted by Crippen LogP contribution is 2.16. The standard InChI is InChI=1S/C21H21N3O5/c1-14(20(26)24-16-7-5-6-15(12-16)13-22)29-19(25)10-11-23-21(27)17-8-3-4-9-18(17)28-2/h3-9,12,14H,10-11H2,1-2H3,(H,23,27)(H,24,26)/t14-/m1/s1. The van der Waals surface area contributed by atoms with Crippen molar-refractivity contribution in [1.82, 2.24) is 5.32 Å². The van der Waals surface area contributed by atoms with Gasteiger partial charge >= 0.3 is 5.97 Å². The second kappa shape index (κ2) is 10.5. The lowest BCUT2D eigenvalue weighted by Gasteiger charge is -2.14. The summed E-state index contributed by atoms with van der Waals surface area (Å²) in [5.41, 5.74) is 1.19. The highest BCUT2D eigenvalue weighted by molar-refractivity contribution is 5.97. The molecule has 0 spiro atoms. The molecule has 0 unspecified atom stereocenters. The molecule has 2 amide bonds. The van der Waals surface area contributed by atoms with E-state index in [1.54, 1.807) is 42.5 Å². The number of carbonyl (C=O) groups is 3. The lowest BCUT2D eigenvalue weighted by Crippen LogP contribution is -2.32. The van der Waals surface area contributed by atoms with Crippen LogP contribution in [0.15, 0.2) is 48.5 Å². The summed E-state index contributed by atoms with van der Waals surface area (Å²) in [4.78, 5) is 36.2. The molecule has 0 saturated heterocycles. The van der Waals surface area contributed by atoms with Crippen LogP contribution in [0.5, 0.6) is 5.75 Å². The number of ether oxygens (including phenoxy) is 2. The zero-order chi connectivity index (χ0) is 21.2. The first-order valence-corrected chi connectivity index (χ1v) is 8.86. The fraction of sp³-hybridized carbons (Fsp3) is 0.238. The molecule has 2 aromatic rings. The van der Waals surface area contributed by atoms with E-state index >= 15 is 0 Å². The Bertz CT molecular complexity index is 936. The van der Waals surface area contributed by atoms with Crippen LogP contribution in [0.1, 0.15) is 29.3 Å². The molecule has 0 aromatic heterocycles. The molecule has 0 heterocycles. The molecule has 0 aliphatic heterocycles. The number of carbonyl (C=O) groups excluding carboxylic acids is 3. The largest absolute Gasteiger partial charge is 0.496 e. The quantitative estimate of drug-likeness (QED) is 0.662. The number of para-hydroxylation sites is 1. The molecule has 8 nitrogen and oxygen atoms in total. The molecule has 2 N–H and O–H groups in total. The molecule has 0 fully saturated rings. The Morgan fingerprint density at radius 3 is 2.62 bits per heavy atom. The normalized spacial score (nSPS) is 10.9. The molecule has 0 bridgehead atoms. The number of anilines is 1. The average Bonchev–Trinajstić information content (AvgIpc) is 2.73. The van der Waals surface area contributed by atoms with E-state index < -0.39 is 18.0 Å². The lowest BCUT2D eigenvalue weighted by atomic mass is 10.2. The van der Waals surface area contributed by atoms with Gasteiger partial charge < -0.3 is 20.1 Å². The number of nitrogens with one attached hydrogen (secondary N) is 2. The summed E-state index contributed by atoms with van der Waals surface area (Å²) in [5, 5.41) is 14.1. The van der Waals surface area contributed by atoms with Gasteiger partial charge in [0.15, 0.2) is 6.10 Å². The van der Waals surface area contributed by atoms with Crippen LogP contribution in [-0.2, 0) is 14.3 Å². The first-order chi connectivity index (χ1) is 13.9. The number of nitrogens with zero attached hydrogens (tertiary/aromatic N) is 1. The van der Waals surface area contributed by atoms with Crippen LogP contribution >= 0.6 is 0 Å². The molecule has 0 aliphatic carbocycles. The SMILES string of the molecule is COc1ccccc1C(=O)NCCC(=O)O[C@H](C)C(=O)Nc1cccc(C#N)c1. The second-order valence-electron chi connectivity index (χ2n) is 6.02. The Balaban J connectivity index is 1.78. The lowest BCUT2D eigenvalue weighted by molar-refractivity contribution is -0.153. The van der Waals surface area contributed by atoms with E-state index in [9.17, 15) is 14.4 Å². The minimum Gasteiger partial charge on any atom is -0.496 e. The third kappa shape index (κ3) is 6.36. The van der Waals surface area contributed by atoms with Gasteiger partial charge in [-0.2, -0.15) is 5.26 Å². The van der Waals surface area contributed by atoms with Crippen molar-refractivity contribution in [3.05, 3.63) is 59.7 Å². The minimum atomic E-state index is -1.03. The van der Waals surface area contributed by atoms with Crippen LogP contribution in [0, 0.1) is 11.3 Å². The molecule has 0 aliphatic rings. The number of methoxy groups -OCH3 is 1. The Morgan fingerprint density at radius 2 is 1.90 bits per heavy atom. The van der Waals surface area contributed by atoms with Crippen LogP contribution < -0.4 is 15.4 Å². The zero-order valence-corrected chi connectivity index (χ0v) is 16.1. The van der Waals surface area contributed by atoms with E-state index in [2.05, 4.69) is 10.6 Å². The monoisotopic (exact) mass is 395 g/mol. The summed E-state index contributed by atoms with van der Waals surface area (Å²) >= 11 is 0. The van der Waals surface area contributed by atoms with Crippen LogP contribution in [0.3, 0.4) is 0 Å². The molecule has 2 rings (SSSR count). The van der Waals surface area contributed by atoms with Crippen LogP contribution in [0.25, 0.3) is 0 Å². The molecule has 1 atom stereocenters. The first-order valence-electron chi connectivity index (χ1n) is 8.86. The maximum absolute atomic E-state index is 12.2. The van der Waals surface area contributed by atoms with Gasteiger partial charge in [-0.05, 0) is 37.3 Å². The van der Waals surface area contributed by atoms with Crippen molar-refractivity contribution < 1.29 is 23.9 Å². The Morgan fingerprint density at radius 1 is 1.14 bits per heavy atom. The predicted molar refractivity (Wildman–Crippen MR) is 105 cm³/mol. The minimum absolute atomic E-state index is 0.0499. The highest BCUT2D eigenvalue weighted by atomic mass is 16.5. The summed E-state index contributed by atoms with van der Waals surface area (Å²) in [6.45, 7) is 1.49. The van der Waals surface area contributed by atoms with Crippen molar-refractivity contribution in [1.29, 1.82) is 5.26 Å². The van der Waals surface area contributed by atoms with Crippen molar-refractivity contribution in [3.63, 3.8) is 0 Å². The maximum Gasteiger partial charge on any atom is 0.308 e. The highest BCUT2D eigenvalue weighted by Gasteiger charge is 2.18. The fourth-order valence-electron chi connectivity index (χ4n) is 2.43. The van der Waals surface area contributed by atoms with Gasteiger partial charge in [0, 0.05) is 12.2 Å². The molecular weight excluding hydrogens is 374 g/mol. The molecule has 8 heteroatoms. The summed E-state index contributed by atoms with van der Waals surface area (Å²) in [7, 11) is 1.46. The van der Waals surface area contributed by atoms with Crippen LogP contribution in [-0.4, -0.2) is 37.5 Å². The van der Waals surface area contributed by atoms with Gasteiger partial charge in [-0.1, -0.05) is 18.2 Å². The topological polar surface area (TPSA) is 118 Å². The molecule has 29 heavy (non-hydrogen) atoms. The molecule has 2 aromatic carbocycles. The van der Waals surface area contributed by atoms with Crippen molar-refractivity contribution in [2.24, 2.45) is 0 Å². The summed E-state index contributed by atoms with van der Waals surface area (Å²) in [5.74, 6) is -1.10. The Labute approximate surface area is 168 Å². The second-order valence-corrected chi connectivity index (χ2v) is 6.02. The van der Waals surface area contributed by atoms with E-state index in [4.69, 9.17) is 14.7 Å². The van der Waals surface area contributed by atoms with Gasteiger partial charge in [0.25, 0.3) is 11.8 Å². The smallest absolute Gasteiger partial charge is 0.308 e.